The Bertz CT molecular complexity index is 806. The lowest BCUT2D eigenvalue weighted by molar-refractivity contribution is -0.144. The summed E-state index contributed by atoms with van der Waals surface area (Å²) in [6.45, 7) is 3.44. The van der Waals surface area contributed by atoms with Crippen LogP contribution in [-0.4, -0.2) is 52.3 Å². The molecule has 0 aromatic carbocycles. The summed E-state index contributed by atoms with van der Waals surface area (Å²) in [5.41, 5.74) is 0. The topological polar surface area (TPSA) is 60.9 Å². The Morgan fingerprint density at radius 2 is 1.85 bits per heavy atom. The second kappa shape index (κ2) is 8.30. The van der Waals surface area contributed by atoms with Crippen LogP contribution in [0.5, 0.6) is 0 Å². The highest BCUT2D eigenvalue weighted by Crippen LogP contribution is 2.23. The van der Waals surface area contributed by atoms with E-state index in [4.69, 9.17) is 11.6 Å². The van der Waals surface area contributed by atoms with Crippen LogP contribution in [0.25, 0.3) is 0 Å². The van der Waals surface area contributed by atoms with Crippen LogP contribution < -0.4 is 0 Å². The lowest BCUT2D eigenvalue weighted by Crippen LogP contribution is -2.42. The molecule has 3 heterocycles. The van der Waals surface area contributed by atoms with Crippen molar-refractivity contribution in [2.24, 2.45) is 0 Å². The number of hydrogen-bond donors (Lipinski definition) is 0. The molecule has 26 heavy (non-hydrogen) atoms. The third-order valence-corrected chi connectivity index (χ3v) is 6.25. The lowest BCUT2D eigenvalue weighted by Gasteiger charge is -2.24. The Balaban J connectivity index is 1.63. The number of nitrogens with zero attached hydrogens (tertiary/aromatic N) is 3. The molecular formula is C17H18ClN3O3S2. The number of carbonyl (C=O) groups excluding carboxylic acids is 3. The fraction of sp³-hybridized carbons (Fsp3) is 0.353. The molecule has 6 nitrogen and oxygen atoms in total. The van der Waals surface area contributed by atoms with E-state index < -0.39 is 17.8 Å². The van der Waals surface area contributed by atoms with Gasteiger partial charge in [-0.2, -0.15) is 0 Å². The molecule has 138 valence electrons. The van der Waals surface area contributed by atoms with Crippen LogP contribution in [0.15, 0.2) is 29.6 Å². The molecule has 0 saturated carbocycles. The molecule has 0 spiro atoms. The van der Waals surface area contributed by atoms with Crippen LogP contribution in [0.3, 0.4) is 0 Å². The zero-order chi connectivity index (χ0) is 18.7. The van der Waals surface area contributed by atoms with E-state index in [1.165, 1.54) is 11.3 Å². The van der Waals surface area contributed by atoms with Gasteiger partial charge in [0.2, 0.25) is 0 Å². The molecule has 1 saturated heterocycles. The lowest BCUT2D eigenvalue weighted by atomic mass is 10.3. The molecule has 2 aromatic heterocycles. The van der Waals surface area contributed by atoms with Crippen LogP contribution in [0.1, 0.15) is 16.7 Å². The molecule has 0 aliphatic carbocycles. The quantitative estimate of drug-likeness (QED) is 0.494. The van der Waals surface area contributed by atoms with Crippen molar-refractivity contribution in [3.8, 4) is 0 Å². The van der Waals surface area contributed by atoms with Gasteiger partial charge in [-0.15, -0.1) is 22.7 Å². The van der Waals surface area contributed by atoms with Gasteiger partial charge in [0.15, 0.2) is 0 Å². The first kappa shape index (κ1) is 19.0. The molecule has 0 atom stereocenters. The van der Waals surface area contributed by atoms with Crippen molar-refractivity contribution in [3.05, 3.63) is 43.7 Å². The van der Waals surface area contributed by atoms with Crippen molar-refractivity contribution in [1.82, 2.24) is 14.7 Å². The van der Waals surface area contributed by atoms with E-state index in [1.807, 2.05) is 41.5 Å². The summed E-state index contributed by atoms with van der Waals surface area (Å²) in [6.07, 6.45) is 0.557. The Hall–Kier alpha value is -1.74. The van der Waals surface area contributed by atoms with Gasteiger partial charge in [-0.3, -0.25) is 19.4 Å². The fourth-order valence-corrected chi connectivity index (χ4v) is 4.50. The summed E-state index contributed by atoms with van der Waals surface area (Å²) < 4.78 is 0.694. The van der Waals surface area contributed by atoms with Crippen LogP contribution >= 0.6 is 34.3 Å². The van der Waals surface area contributed by atoms with Crippen molar-refractivity contribution < 1.29 is 14.4 Å². The van der Waals surface area contributed by atoms with Gasteiger partial charge in [0.25, 0.3) is 0 Å². The van der Waals surface area contributed by atoms with Crippen molar-refractivity contribution in [1.29, 1.82) is 0 Å². The van der Waals surface area contributed by atoms with Crippen molar-refractivity contribution >= 4 is 52.1 Å². The Morgan fingerprint density at radius 1 is 1.08 bits per heavy atom. The number of urea groups is 1. The van der Waals surface area contributed by atoms with Crippen molar-refractivity contribution in [2.75, 3.05) is 19.8 Å². The monoisotopic (exact) mass is 411 g/mol. The predicted molar refractivity (Wildman–Crippen MR) is 102 cm³/mol. The third-order valence-electron chi connectivity index (χ3n) is 4.09. The molecule has 3 rings (SSSR count). The van der Waals surface area contributed by atoms with Crippen LogP contribution in [0.2, 0.25) is 4.34 Å². The van der Waals surface area contributed by atoms with E-state index in [0.717, 1.165) is 19.6 Å². The zero-order valence-electron chi connectivity index (χ0n) is 14.2. The number of rotatable bonds is 8. The smallest absolute Gasteiger partial charge is 0.281 e. The molecule has 0 unspecified atom stereocenters. The van der Waals surface area contributed by atoms with Gasteiger partial charge < -0.3 is 0 Å². The second-order valence-electron chi connectivity index (χ2n) is 5.79. The average Bonchev–Trinajstić information content (AvgIpc) is 3.32. The van der Waals surface area contributed by atoms with E-state index in [0.29, 0.717) is 23.8 Å². The van der Waals surface area contributed by atoms with Crippen LogP contribution in [0.4, 0.5) is 4.79 Å². The second-order valence-corrected chi connectivity index (χ2v) is 8.63. The standard InChI is InChI=1S/C17H18ClN3O3S2/c1-2-19(10-13-5-6-14(18)26-13)11-21-16(23)15(22)20(17(21)24)8-7-12-4-3-9-25-12/h3-6,9H,2,7-8,10-11H2,1H3. The number of halogens is 1. The summed E-state index contributed by atoms with van der Waals surface area (Å²) >= 11 is 8.97. The van der Waals surface area contributed by atoms with E-state index >= 15 is 0 Å². The Labute approximate surface area is 164 Å². The van der Waals surface area contributed by atoms with Crippen LogP contribution in [0, 0.1) is 0 Å². The molecule has 2 aromatic rings. The van der Waals surface area contributed by atoms with Gasteiger partial charge in [0, 0.05) is 29.3 Å². The average molecular weight is 412 g/mol. The third kappa shape index (κ3) is 4.15. The first-order valence-electron chi connectivity index (χ1n) is 8.16. The molecule has 9 heteroatoms. The number of imide groups is 2. The van der Waals surface area contributed by atoms with Gasteiger partial charge in [-0.05, 0) is 30.1 Å². The number of hydrogen-bond acceptors (Lipinski definition) is 6. The minimum Gasteiger partial charge on any atom is -0.281 e. The highest BCUT2D eigenvalue weighted by molar-refractivity contribution is 7.16. The summed E-state index contributed by atoms with van der Waals surface area (Å²) in [4.78, 5) is 43.1. The predicted octanol–water partition coefficient (Wildman–Crippen LogP) is 3.28. The summed E-state index contributed by atoms with van der Waals surface area (Å²) in [5, 5.41) is 1.94. The van der Waals surface area contributed by atoms with E-state index in [1.54, 1.807) is 11.3 Å². The SMILES string of the molecule is CCN(Cc1ccc(Cl)s1)CN1C(=O)C(=O)N(CCc2cccs2)C1=O. The number of amides is 4. The fourth-order valence-electron chi connectivity index (χ4n) is 2.67. The largest absolute Gasteiger partial charge is 0.335 e. The van der Waals surface area contributed by atoms with Gasteiger partial charge in [0.1, 0.15) is 0 Å². The highest BCUT2D eigenvalue weighted by Gasteiger charge is 2.44. The Morgan fingerprint density at radius 3 is 2.46 bits per heavy atom. The van der Waals surface area contributed by atoms with Gasteiger partial charge >= 0.3 is 17.8 Å². The van der Waals surface area contributed by atoms with Gasteiger partial charge in [0.05, 0.1) is 11.0 Å². The maximum atomic E-state index is 12.6. The summed E-state index contributed by atoms with van der Waals surface area (Å²) in [7, 11) is 0. The van der Waals surface area contributed by atoms with E-state index in [9.17, 15) is 14.4 Å². The molecule has 0 bridgehead atoms. The first-order chi connectivity index (χ1) is 12.5. The molecule has 1 fully saturated rings. The molecule has 0 N–H and O–H groups in total. The maximum absolute atomic E-state index is 12.6. The molecular weight excluding hydrogens is 394 g/mol. The van der Waals surface area contributed by atoms with Crippen LogP contribution in [-0.2, 0) is 22.6 Å². The number of thiophene rings is 2. The minimum atomic E-state index is -0.760. The molecule has 1 aliphatic heterocycles. The van der Waals surface area contributed by atoms with E-state index in [-0.39, 0.29) is 13.2 Å². The van der Waals surface area contributed by atoms with Gasteiger partial charge in [-0.25, -0.2) is 9.69 Å². The summed E-state index contributed by atoms with van der Waals surface area (Å²) in [6, 6.07) is 7.06. The number of carbonyl (C=O) groups is 3. The first-order valence-corrected chi connectivity index (χ1v) is 10.2. The highest BCUT2D eigenvalue weighted by atomic mass is 35.5. The molecule has 4 amide bonds. The molecule has 1 aliphatic rings. The Kier molecular flexibility index (Phi) is 6.08. The van der Waals surface area contributed by atoms with Crippen molar-refractivity contribution in [2.45, 2.75) is 19.9 Å². The van der Waals surface area contributed by atoms with Crippen molar-refractivity contribution in [3.63, 3.8) is 0 Å². The zero-order valence-corrected chi connectivity index (χ0v) is 16.6. The molecule has 0 radical (unpaired) electrons. The minimum absolute atomic E-state index is 0.0882. The normalized spacial score (nSPS) is 15.0. The summed E-state index contributed by atoms with van der Waals surface area (Å²) in [5.74, 6) is -1.51. The maximum Gasteiger partial charge on any atom is 0.335 e. The van der Waals surface area contributed by atoms with Gasteiger partial charge in [-0.1, -0.05) is 24.6 Å². The van der Waals surface area contributed by atoms with E-state index in [2.05, 4.69) is 0 Å².